The van der Waals surface area contributed by atoms with Crippen LogP contribution in [0, 0.1) is 0 Å². The van der Waals surface area contributed by atoms with Gasteiger partial charge in [-0.05, 0) is 33.6 Å². The fourth-order valence-corrected chi connectivity index (χ4v) is 3.57. The quantitative estimate of drug-likeness (QED) is 0.851. The van der Waals surface area contributed by atoms with Crippen LogP contribution in [-0.4, -0.2) is 67.3 Å². The molecule has 5 nitrogen and oxygen atoms in total. The number of aromatic hydroxyl groups is 1. The van der Waals surface area contributed by atoms with E-state index in [-0.39, 0.29) is 5.75 Å². The largest absolute Gasteiger partial charge is 0.503 e. The highest BCUT2D eigenvalue weighted by Gasteiger charge is 2.32. The van der Waals surface area contributed by atoms with E-state index in [0.29, 0.717) is 16.3 Å². The lowest BCUT2D eigenvalue weighted by atomic mass is 10.0. The number of methoxy groups -OCH3 is 1. The number of hydrogen-bond donors (Lipinski definition) is 2. The minimum atomic E-state index is 0.170. The van der Waals surface area contributed by atoms with E-state index in [0.717, 1.165) is 51.4 Å². The van der Waals surface area contributed by atoms with Crippen LogP contribution in [0.25, 0.3) is 0 Å². The Kier molecular flexibility index (Phi) is 4.69. The topological polar surface area (TPSA) is 48.0 Å². The van der Waals surface area contributed by atoms with Gasteiger partial charge in [-0.2, -0.15) is 0 Å². The molecule has 0 radical (unpaired) electrons. The van der Waals surface area contributed by atoms with Gasteiger partial charge in [-0.15, -0.1) is 0 Å². The lowest BCUT2D eigenvalue weighted by Crippen LogP contribution is -2.62. The SMILES string of the molecule is COc1cc(CN2CC(N3CCNCC3)C2)cc(Br)c1O. The maximum Gasteiger partial charge on any atom is 0.172 e. The minimum Gasteiger partial charge on any atom is -0.503 e. The summed E-state index contributed by atoms with van der Waals surface area (Å²) in [5, 5.41) is 13.2. The summed E-state index contributed by atoms with van der Waals surface area (Å²) in [6, 6.07) is 4.59. The molecular formula is C15H22BrN3O2. The summed E-state index contributed by atoms with van der Waals surface area (Å²) in [4.78, 5) is 5.02. The molecule has 0 unspecified atom stereocenters. The third-order valence-corrected chi connectivity index (χ3v) is 4.92. The van der Waals surface area contributed by atoms with Crippen molar-refractivity contribution in [2.45, 2.75) is 12.6 Å². The lowest BCUT2D eigenvalue weighted by Gasteiger charge is -2.47. The number of halogens is 1. The molecule has 0 amide bonds. The number of likely N-dealkylation sites (tertiary alicyclic amines) is 1. The summed E-state index contributed by atoms with van der Waals surface area (Å²) < 4.78 is 5.89. The summed E-state index contributed by atoms with van der Waals surface area (Å²) in [5.74, 6) is 0.696. The van der Waals surface area contributed by atoms with Crippen LogP contribution in [0.15, 0.2) is 16.6 Å². The molecule has 6 heteroatoms. The zero-order valence-electron chi connectivity index (χ0n) is 12.3. The van der Waals surface area contributed by atoms with Crippen molar-refractivity contribution < 1.29 is 9.84 Å². The number of benzene rings is 1. The van der Waals surface area contributed by atoms with Gasteiger partial charge in [0.1, 0.15) is 0 Å². The molecule has 0 atom stereocenters. The molecule has 3 rings (SSSR count). The van der Waals surface area contributed by atoms with Gasteiger partial charge in [-0.25, -0.2) is 0 Å². The molecule has 21 heavy (non-hydrogen) atoms. The minimum absolute atomic E-state index is 0.170. The van der Waals surface area contributed by atoms with Crippen molar-refractivity contribution in [3.8, 4) is 11.5 Å². The molecule has 0 aromatic heterocycles. The van der Waals surface area contributed by atoms with Crippen LogP contribution in [0.1, 0.15) is 5.56 Å². The number of phenols is 1. The van der Waals surface area contributed by atoms with E-state index in [9.17, 15) is 5.11 Å². The predicted molar refractivity (Wildman–Crippen MR) is 85.9 cm³/mol. The van der Waals surface area contributed by atoms with Gasteiger partial charge in [0.15, 0.2) is 11.5 Å². The highest BCUT2D eigenvalue weighted by molar-refractivity contribution is 9.10. The van der Waals surface area contributed by atoms with Gasteiger partial charge >= 0.3 is 0 Å². The molecule has 0 saturated carbocycles. The molecule has 0 bridgehead atoms. The van der Waals surface area contributed by atoms with E-state index >= 15 is 0 Å². The first kappa shape index (κ1) is 15.1. The Hall–Kier alpha value is -0.820. The molecule has 2 saturated heterocycles. The van der Waals surface area contributed by atoms with Gasteiger partial charge in [0.25, 0.3) is 0 Å². The van der Waals surface area contributed by atoms with E-state index in [1.54, 1.807) is 7.11 Å². The molecule has 1 aromatic rings. The Labute approximate surface area is 134 Å². The first-order valence-electron chi connectivity index (χ1n) is 7.40. The van der Waals surface area contributed by atoms with Gasteiger partial charge in [-0.3, -0.25) is 9.80 Å². The van der Waals surface area contributed by atoms with E-state index in [1.165, 1.54) is 0 Å². The second kappa shape index (κ2) is 6.52. The second-order valence-corrected chi connectivity index (χ2v) is 6.62. The molecule has 2 aliphatic rings. The zero-order chi connectivity index (χ0) is 14.8. The average Bonchev–Trinajstić information content (AvgIpc) is 2.46. The number of phenolic OH excluding ortho intramolecular Hbond substituents is 1. The van der Waals surface area contributed by atoms with Crippen molar-refractivity contribution in [2.75, 3.05) is 46.4 Å². The summed E-state index contributed by atoms with van der Waals surface area (Å²) >= 11 is 3.38. The van der Waals surface area contributed by atoms with Gasteiger partial charge < -0.3 is 15.2 Å². The van der Waals surface area contributed by atoms with Gasteiger partial charge in [0.2, 0.25) is 0 Å². The molecule has 0 aliphatic carbocycles. The third kappa shape index (κ3) is 3.34. The number of rotatable bonds is 4. The fourth-order valence-electron chi connectivity index (χ4n) is 3.08. The van der Waals surface area contributed by atoms with Crippen molar-refractivity contribution in [2.24, 2.45) is 0 Å². The maximum atomic E-state index is 9.84. The van der Waals surface area contributed by atoms with Gasteiger partial charge in [0.05, 0.1) is 11.6 Å². The van der Waals surface area contributed by atoms with Crippen LogP contribution in [0.3, 0.4) is 0 Å². The number of nitrogens with one attached hydrogen (secondary N) is 1. The third-order valence-electron chi connectivity index (χ3n) is 4.32. The van der Waals surface area contributed by atoms with Crippen LogP contribution < -0.4 is 10.1 Å². The van der Waals surface area contributed by atoms with Crippen LogP contribution in [-0.2, 0) is 6.54 Å². The van der Waals surface area contributed by atoms with E-state index < -0.39 is 0 Å². The number of hydrogen-bond acceptors (Lipinski definition) is 5. The van der Waals surface area contributed by atoms with Gasteiger partial charge in [-0.1, -0.05) is 0 Å². The summed E-state index contributed by atoms with van der Waals surface area (Å²) in [7, 11) is 1.58. The predicted octanol–water partition coefficient (Wildman–Crippen LogP) is 1.25. The fraction of sp³-hybridized carbons (Fsp3) is 0.600. The zero-order valence-corrected chi connectivity index (χ0v) is 13.9. The Morgan fingerprint density at radius 2 is 2.05 bits per heavy atom. The van der Waals surface area contributed by atoms with Crippen LogP contribution in [0.5, 0.6) is 11.5 Å². The van der Waals surface area contributed by atoms with Crippen LogP contribution in [0.4, 0.5) is 0 Å². The average molecular weight is 356 g/mol. The van der Waals surface area contributed by atoms with Crippen LogP contribution >= 0.6 is 15.9 Å². The Morgan fingerprint density at radius 1 is 1.33 bits per heavy atom. The summed E-state index contributed by atoms with van der Waals surface area (Å²) in [6.45, 7) is 7.70. The Morgan fingerprint density at radius 3 is 2.71 bits per heavy atom. The molecule has 1 aromatic carbocycles. The van der Waals surface area contributed by atoms with Crippen molar-refractivity contribution in [3.63, 3.8) is 0 Å². The molecular weight excluding hydrogens is 334 g/mol. The summed E-state index contributed by atoms with van der Waals surface area (Å²) in [5.41, 5.74) is 1.16. The van der Waals surface area contributed by atoms with Crippen molar-refractivity contribution in [1.29, 1.82) is 0 Å². The highest BCUT2D eigenvalue weighted by Crippen LogP contribution is 2.35. The Bertz CT molecular complexity index is 500. The maximum absolute atomic E-state index is 9.84. The van der Waals surface area contributed by atoms with E-state index in [1.807, 2.05) is 12.1 Å². The van der Waals surface area contributed by atoms with Crippen molar-refractivity contribution in [1.82, 2.24) is 15.1 Å². The molecule has 116 valence electrons. The van der Waals surface area contributed by atoms with Crippen molar-refractivity contribution >= 4 is 15.9 Å². The molecule has 2 fully saturated rings. The number of nitrogens with zero attached hydrogens (tertiary/aromatic N) is 2. The monoisotopic (exact) mass is 355 g/mol. The van der Waals surface area contributed by atoms with Gasteiger partial charge in [0, 0.05) is 51.9 Å². The van der Waals surface area contributed by atoms with E-state index in [4.69, 9.17) is 4.74 Å². The number of ether oxygens (including phenoxy) is 1. The Balaban J connectivity index is 1.55. The number of piperazine rings is 1. The molecule has 2 aliphatic heterocycles. The molecule has 2 N–H and O–H groups in total. The van der Waals surface area contributed by atoms with Crippen LogP contribution in [0.2, 0.25) is 0 Å². The highest BCUT2D eigenvalue weighted by atomic mass is 79.9. The lowest BCUT2D eigenvalue weighted by molar-refractivity contribution is 0.0222. The smallest absolute Gasteiger partial charge is 0.172 e. The first-order valence-corrected chi connectivity index (χ1v) is 8.19. The molecule has 0 spiro atoms. The molecule has 2 heterocycles. The standard InChI is InChI=1S/C15H22BrN3O2/c1-21-14-7-11(6-13(16)15(14)20)8-18-9-12(10-18)19-4-2-17-3-5-19/h6-7,12,17,20H,2-5,8-10H2,1H3. The normalized spacial score (nSPS) is 21.2. The summed E-state index contributed by atoms with van der Waals surface area (Å²) in [6.07, 6.45) is 0. The van der Waals surface area contributed by atoms with E-state index in [2.05, 4.69) is 31.0 Å². The van der Waals surface area contributed by atoms with Crippen molar-refractivity contribution in [3.05, 3.63) is 22.2 Å². The second-order valence-electron chi connectivity index (χ2n) is 5.76. The first-order chi connectivity index (χ1) is 10.2.